The predicted molar refractivity (Wildman–Crippen MR) is 109 cm³/mol. The first-order valence-electron chi connectivity index (χ1n) is 9.72. The van der Waals surface area contributed by atoms with E-state index in [0.29, 0.717) is 55.8 Å². The lowest BCUT2D eigenvalue weighted by Gasteiger charge is -2.35. The largest absolute Gasteiger partial charge is 0.377 e. The van der Waals surface area contributed by atoms with E-state index in [4.69, 9.17) is 19.9 Å². The fourth-order valence-electron chi connectivity index (χ4n) is 3.60. The van der Waals surface area contributed by atoms with E-state index >= 15 is 0 Å². The molecule has 2 aromatic rings. The molecule has 2 aliphatic rings. The van der Waals surface area contributed by atoms with E-state index < -0.39 is 0 Å². The van der Waals surface area contributed by atoms with Crippen LogP contribution in [0.2, 0.25) is 0 Å². The monoisotopic (exact) mass is 399 g/mol. The second kappa shape index (κ2) is 8.58. The molecule has 0 radical (unpaired) electrons. The Labute approximate surface area is 168 Å². The summed E-state index contributed by atoms with van der Waals surface area (Å²) in [5.74, 6) is 1.77. The molecule has 3 N–H and O–H groups in total. The molecule has 2 fully saturated rings. The normalized spacial score (nSPS) is 20.4. The van der Waals surface area contributed by atoms with E-state index in [1.54, 1.807) is 17.2 Å². The van der Waals surface area contributed by atoms with Crippen LogP contribution in [0.15, 0.2) is 18.3 Å². The molecule has 1 atom stereocenters. The van der Waals surface area contributed by atoms with Gasteiger partial charge in [0.25, 0.3) is 5.91 Å². The van der Waals surface area contributed by atoms with E-state index in [1.165, 1.54) is 6.21 Å². The fraction of sp³-hybridized carbons (Fsp3) is 0.474. The summed E-state index contributed by atoms with van der Waals surface area (Å²) in [6.45, 7) is 5.13. The van der Waals surface area contributed by atoms with Crippen molar-refractivity contribution in [3.63, 3.8) is 0 Å². The van der Waals surface area contributed by atoms with E-state index in [2.05, 4.69) is 27.3 Å². The molecular weight excluding hydrogens is 374 g/mol. The molecule has 2 saturated heterocycles. The Hall–Kier alpha value is -2.98. The van der Waals surface area contributed by atoms with Gasteiger partial charge in [-0.3, -0.25) is 9.89 Å². The summed E-state index contributed by atoms with van der Waals surface area (Å²) in [6.07, 6.45) is 3.60. The maximum atomic E-state index is 12.7. The van der Waals surface area contributed by atoms with Gasteiger partial charge < -0.3 is 30.0 Å². The minimum absolute atomic E-state index is 0.0341. The van der Waals surface area contributed by atoms with Gasteiger partial charge in [-0.1, -0.05) is 0 Å². The van der Waals surface area contributed by atoms with Crippen molar-refractivity contribution < 1.29 is 14.3 Å². The Morgan fingerprint density at radius 1 is 1.34 bits per heavy atom. The first-order chi connectivity index (χ1) is 14.2. The van der Waals surface area contributed by atoms with Gasteiger partial charge in [-0.25, -0.2) is 4.98 Å². The third kappa shape index (κ3) is 4.08. The minimum atomic E-state index is -0.120. The zero-order valence-electron chi connectivity index (χ0n) is 16.4. The van der Waals surface area contributed by atoms with Crippen molar-refractivity contribution >= 4 is 35.3 Å². The summed E-state index contributed by atoms with van der Waals surface area (Å²) in [7, 11) is 0. The third-order valence-corrected chi connectivity index (χ3v) is 5.07. The summed E-state index contributed by atoms with van der Waals surface area (Å²) < 4.78 is 10.9. The zero-order valence-corrected chi connectivity index (χ0v) is 16.4. The zero-order chi connectivity index (χ0) is 20.2. The number of carbonyl (C=O) groups is 1. The lowest BCUT2D eigenvalue weighted by Crippen LogP contribution is -2.44. The number of aromatic amines is 1. The molecule has 0 saturated carbocycles. The van der Waals surface area contributed by atoms with Gasteiger partial charge in [-0.15, -0.1) is 0 Å². The van der Waals surface area contributed by atoms with Gasteiger partial charge in [0.15, 0.2) is 0 Å². The Morgan fingerprint density at radius 2 is 2.24 bits per heavy atom. The number of rotatable bonds is 5. The van der Waals surface area contributed by atoms with Crippen molar-refractivity contribution in [2.75, 3.05) is 54.6 Å². The average Bonchev–Trinajstić information content (AvgIpc) is 3.14. The highest BCUT2D eigenvalue weighted by atomic mass is 16.5. The Kier molecular flexibility index (Phi) is 5.72. The molecule has 2 aromatic heterocycles. The molecule has 154 valence electrons. The maximum absolute atomic E-state index is 12.7. The molecule has 0 aliphatic carbocycles. The van der Waals surface area contributed by atoms with Crippen LogP contribution in [-0.4, -0.2) is 72.9 Å². The number of H-pyrrole nitrogens is 1. The number of amides is 1. The summed E-state index contributed by atoms with van der Waals surface area (Å²) >= 11 is 0. The minimum Gasteiger partial charge on any atom is -0.377 e. The third-order valence-electron chi connectivity index (χ3n) is 5.07. The van der Waals surface area contributed by atoms with Crippen molar-refractivity contribution in [3.05, 3.63) is 23.9 Å². The number of ether oxygens (including phenoxy) is 2. The number of nitrogens with zero attached hydrogens (tertiary/aromatic N) is 4. The van der Waals surface area contributed by atoms with Gasteiger partial charge in [-0.05, 0) is 13.3 Å². The van der Waals surface area contributed by atoms with Gasteiger partial charge in [0.2, 0.25) is 0 Å². The number of carbonyl (C=O) groups excluding carboxylic acids is 1. The molecule has 2 aliphatic heterocycles. The van der Waals surface area contributed by atoms with Crippen LogP contribution in [0.5, 0.6) is 0 Å². The first kappa shape index (κ1) is 19.3. The van der Waals surface area contributed by atoms with Crippen LogP contribution < -0.4 is 15.1 Å². The number of morpholine rings is 1. The van der Waals surface area contributed by atoms with E-state index in [9.17, 15) is 4.79 Å². The smallest absolute Gasteiger partial charge is 0.252 e. The summed E-state index contributed by atoms with van der Waals surface area (Å²) in [4.78, 5) is 21.3. The van der Waals surface area contributed by atoms with Crippen LogP contribution in [0.3, 0.4) is 0 Å². The van der Waals surface area contributed by atoms with Crippen LogP contribution in [0.4, 0.5) is 23.1 Å². The van der Waals surface area contributed by atoms with Crippen molar-refractivity contribution in [1.82, 2.24) is 15.2 Å². The van der Waals surface area contributed by atoms with Crippen molar-refractivity contribution in [2.45, 2.75) is 19.4 Å². The molecule has 0 aromatic carbocycles. The Morgan fingerprint density at radius 3 is 3.00 bits per heavy atom. The summed E-state index contributed by atoms with van der Waals surface area (Å²) in [6, 6.07) is 3.83. The molecule has 4 heterocycles. The van der Waals surface area contributed by atoms with Crippen molar-refractivity contribution in [1.29, 1.82) is 5.41 Å². The molecule has 10 nitrogen and oxygen atoms in total. The lowest BCUT2D eigenvalue weighted by atomic mass is 10.1. The van der Waals surface area contributed by atoms with Crippen molar-refractivity contribution in [3.8, 4) is 0 Å². The number of anilines is 4. The summed E-state index contributed by atoms with van der Waals surface area (Å²) in [5.41, 5.74) is 1.20. The van der Waals surface area contributed by atoms with Gasteiger partial charge in [0.05, 0.1) is 36.7 Å². The highest BCUT2D eigenvalue weighted by molar-refractivity contribution is 6.03. The molecule has 1 unspecified atom stereocenters. The highest BCUT2D eigenvalue weighted by Crippen LogP contribution is 2.33. The van der Waals surface area contributed by atoms with Gasteiger partial charge >= 0.3 is 0 Å². The molecule has 10 heteroatoms. The van der Waals surface area contributed by atoms with Gasteiger partial charge in [-0.2, -0.15) is 5.10 Å². The molecule has 29 heavy (non-hydrogen) atoms. The first-order valence-corrected chi connectivity index (χ1v) is 9.72. The Balaban J connectivity index is 1.81. The number of aromatic nitrogens is 3. The van der Waals surface area contributed by atoms with E-state index in [0.717, 1.165) is 12.2 Å². The van der Waals surface area contributed by atoms with Crippen LogP contribution in [-0.2, 0) is 14.3 Å². The number of hydrogen-bond acceptors (Lipinski definition) is 8. The topological polar surface area (TPSA) is 119 Å². The van der Waals surface area contributed by atoms with Gasteiger partial charge in [0.1, 0.15) is 24.1 Å². The summed E-state index contributed by atoms with van der Waals surface area (Å²) in [5, 5.41) is 18.0. The lowest BCUT2D eigenvalue weighted by molar-refractivity contribution is -0.122. The SMILES string of the molecule is CC1COCCN1c1cc(N2CCCOCC2=O)c(C=N)c(Nc2ccn[nH]2)n1. The van der Waals surface area contributed by atoms with Crippen LogP contribution >= 0.6 is 0 Å². The molecule has 1 amide bonds. The van der Waals surface area contributed by atoms with Gasteiger partial charge in [0, 0.05) is 38.0 Å². The van der Waals surface area contributed by atoms with Crippen LogP contribution in [0.25, 0.3) is 0 Å². The second-order valence-corrected chi connectivity index (χ2v) is 7.07. The maximum Gasteiger partial charge on any atom is 0.252 e. The highest BCUT2D eigenvalue weighted by Gasteiger charge is 2.27. The van der Waals surface area contributed by atoms with E-state index in [-0.39, 0.29) is 18.6 Å². The fourth-order valence-corrected chi connectivity index (χ4v) is 3.60. The average molecular weight is 399 g/mol. The molecule has 0 spiro atoms. The predicted octanol–water partition coefficient (Wildman–Crippen LogP) is 1.52. The molecule has 4 rings (SSSR count). The van der Waals surface area contributed by atoms with E-state index in [1.807, 2.05) is 6.07 Å². The number of hydrogen-bond donors (Lipinski definition) is 3. The molecular formula is C19H25N7O3. The van der Waals surface area contributed by atoms with Crippen LogP contribution in [0.1, 0.15) is 18.9 Å². The quantitative estimate of drug-likeness (QED) is 0.652. The second-order valence-electron chi connectivity index (χ2n) is 7.07. The molecule has 0 bridgehead atoms. The number of pyridine rings is 1. The van der Waals surface area contributed by atoms with Crippen molar-refractivity contribution in [2.24, 2.45) is 0 Å². The van der Waals surface area contributed by atoms with Crippen LogP contribution in [0, 0.1) is 5.41 Å². The standard InChI is InChI=1S/C19H25N7O3/c1-13-11-29-8-6-25(13)17-9-15(26-5-2-7-28-12-18(26)27)14(10-20)19(23-17)22-16-3-4-21-24-16/h3-4,9-10,13,20H,2,5-8,11-12H2,1H3,(H2,21,22,23,24). The Bertz CT molecular complexity index is 871. The number of nitrogens with one attached hydrogen (secondary N) is 3.